The third-order valence-electron chi connectivity index (χ3n) is 6.75. The summed E-state index contributed by atoms with van der Waals surface area (Å²) in [6.07, 6.45) is 2.38. The summed E-state index contributed by atoms with van der Waals surface area (Å²) in [7, 11) is 1.73. The minimum absolute atomic E-state index is 0.0851. The van der Waals surface area contributed by atoms with Crippen molar-refractivity contribution in [1.82, 2.24) is 0 Å². The molecule has 1 saturated carbocycles. The molecule has 3 nitrogen and oxygen atoms in total. The maximum absolute atomic E-state index is 10.8. The number of benzene rings is 1. The molecule has 1 aromatic rings. The highest BCUT2D eigenvalue weighted by molar-refractivity contribution is 5.47. The van der Waals surface area contributed by atoms with Crippen LogP contribution in [0.1, 0.15) is 75.5 Å². The highest BCUT2D eigenvalue weighted by Gasteiger charge is 2.57. The van der Waals surface area contributed by atoms with E-state index in [1.807, 2.05) is 13.8 Å². The molecule has 2 aliphatic rings. The molecule has 0 aliphatic heterocycles. The van der Waals surface area contributed by atoms with Crippen LogP contribution in [0.4, 0.5) is 0 Å². The van der Waals surface area contributed by atoms with Crippen LogP contribution in [0.3, 0.4) is 0 Å². The van der Waals surface area contributed by atoms with Crippen LogP contribution in [-0.2, 0) is 0 Å². The van der Waals surface area contributed by atoms with E-state index in [2.05, 4.69) is 32.9 Å². The van der Waals surface area contributed by atoms with Crippen LogP contribution in [0.5, 0.6) is 5.75 Å². The van der Waals surface area contributed by atoms with Crippen molar-refractivity contribution >= 4 is 0 Å². The fraction of sp³-hybridized carbons (Fsp3) is 0.714. The van der Waals surface area contributed by atoms with E-state index in [-0.39, 0.29) is 17.3 Å². The first kappa shape index (κ1) is 17.8. The molecule has 1 aromatic carbocycles. The van der Waals surface area contributed by atoms with Gasteiger partial charge in [0.2, 0.25) is 0 Å². The molecule has 0 spiro atoms. The minimum Gasteiger partial charge on any atom is -0.496 e. The van der Waals surface area contributed by atoms with Crippen LogP contribution in [0.25, 0.3) is 0 Å². The first-order valence-corrected chi connectivity index (χ1v) is 9.18. The average molecular weight is 332 g/mol. The van der Waals surface area contributed by atoms with Crippen LogP contribution in [0, 0.1) is 18.3 Å². The van der Waals surface area contributed by atoms with E-state index in [1.165, 1.54) is 11.1 Å². The van der Waals surface area contributed by atoms with Crippen molar-refractivity contribution in [1.29, 1.82) is 0 Å². The second-order valence-corrected chi connectivity index (χ2v) is 8.88. The summed E-state index contributed by atoms with van der Waals surface area (Å²) in [6.45, 7) is 10.3. The van der Waals surface area contributed by atoms with Gasteiger partial charge in [-0.15, -0.1) is 0 Å². The number of aryl methyl sites for hydroxylation is 1. The molecule has 2 aliphatic carbocycles. The van der Waals surface area contributed by atoms with Crippen LogP contribution in [-0.4, -0.2) is 29.0 Å². The van der Waals surface area contributed by atoms with Gasteiger partial charge in [-0.1, -0.05) is 19.9 Å². The second kappa shape index (κ2) is 5.74. The van der Waals surface area contributed by atoms with Crippen LogP contribution in [0.2, 0.25) is 0 Å². The second-order valence-electron chi connectivity index (χ2n) is 8.88. The Morgan fingerprint density at radius 2 is 1.92 bits per heavy atom. The summed E-state index contributed by atoms with van der Waals surface area (Å²) >= 11 is 0. The van der Waals surface area contributed by atoms with Gasteiger partial charge < -0.3 is 14.9 Å². The van der Waals surface area contributed by atoms with Gasteiger partial charge >= 0.3 is 0 Å². The Morgan fingerprint density at radius 3 is 2.50 bits per heavy atom. The zero-order chi connectivity index (χ0) is 17.9. The number of aliphatic hydroxyl groups is 2. The standard InChI is InChI=1S/C21H32O3/c1-12-7-8-21(5)16(11-17(22)19(21)20(3,4)23)15-9-13(2)18(24-6)10-14(12)15/h9-10,12,16-17,19,22-23H,7-8,11H2,1-6H3. The van der Waals surface area contributed by atoms with E-state index in [0.29, 0.717) is 5.92 Å². The monoisotopic (exact) mass is 332 g/mol. The van der Waals surface area contributed by atoms with E-state index in [4.69, 9.17) is 4.74 Å². The van der Waals surface area contributed by atoms with Crippen LogP contribution < -0.4 is 4.74 Å². The molecule has 1 fully saturated rings. The summed E-state index contributed by atoms with van der Waals surface area (Å²) in [5.74, 6) is 1.60. The van der Waals surface area contributed by atoms with Crippen LogP contribution >= 0.6 is 0 Å². The summed E-state index contributed by atoms with van der Waals surface area (Å²) in [5, 5.41) is 21.5. The van der Waals surface area contributed by atoms with E-state index in [0.717, 1.165) is 30.6 Å². The Balaban J connectivity index is 2.16. The van der Waals surface area contributed by atoms with Gasteiger partial charge in [0.05, 0.1) is 18.8 Å². The number of fused-ring (bicyclic) bond motifs is 3. The predicted octanol–water partition coefficient (Wildman–Crippen LogP) is 4.14. The van der Waals surface area contributed by atoms with Crippen molar-refractivity contribution in [2.45, 2.75) is 77.4 Å². The van der Waals surface area contributed by atoms with Crippen LogP contribution in [0.15, 0.2) is 12.1 Å². The fourth-order valence-electron chi connectivity index (χ4n) is 5.75. The lowest BCUT2D eigenvalue weighted by atomic mass is 9.64. The first-order chi connectivity index (χ1) is 11.1. The smallest absolute Gasteiger partial charge is 0.122 e. The Labute approximate surface area is 146 Å². The Bertz CT molecular complexity index is 631. The third kappa shape index (κ3) is 2.57. The lowest BCUT2D eigenvalue weighted by molar-refractivity contribution is -0.0786. The first-order valence-electron chi connectivity index (χ1n) is 9.18. The zero-order valence-corrected chi connectivity index (χ0v) is 15.9. The number of rotatable bonds is 2. The van der Waals surface area contributed by atoms with Gasteiger partial charge in [-0.25, -0.2) is 0 Å². The maximum atomic E-state index is 10.8. The predicted molar refractivity (Wildman–Crippen MR) is 96.6 cm³/mol. The van der Waals surface area contributed by atoms with Crippen molar-refractivity contribution in [2.24, 2.45) is 11.3 Å². The molecule has 0 heterocycles. The van der Waals surface area contributed by atoms with Gasteiger partial charge in [-0.2, -0.15) is 0 Å². The lowest BCUT2D eigenvalue weighted by Crippen LogP contribution is -2.45. The van der Waals surface area contributed by atoms with Crippen molar-refractivity contribution in [3.8, 4) is 5.75 Å². The number of hydrogen-bond acceptors (Lipinski definition) is 3. The van der Waals surface area contributed by atoms with Gasteiger partial charge in [0.1, 0.15) is 5.75 Å². The molecular weight excluding hydrogens is 300 g/mol. The van der Waals surface area contributed by atoms with Gasteiger partial charge in [0, 0.05) is 5.92 Å². The number of aliphatic hydroxyl groups excluding tert-OH is 1. The van der Waals surface area contributed by atoms with E-state index in [9.17, 15) is 10.2 Å². The number of methoxy groups -OCH3 is 1. The Kier molecular flexibility index (Phi) is 4.25. The Hall–Kier alpha value is -1.06. The Morgan fingerprint density at radius 1 is 1.25 bits per heavy atom. The normalized spacial score (nSPS) is 36.0. The molecule has 0 radical (unpaired) electrons. The SMILES string of the molecule is COc1cc2c(cc1C)C1CC(O)C(C(C)(C)O)C1(C)CCC2C. The van der Waals surface area contributed by atoms with Crippen molar-refractivity contribution < 1.29 is 14.9 Å². The average Bonchev–Trinajstić information content (AvgIpc) is 2.70. The molecule has 0 bridgehead atoms. The fourth-order valence-corrected chi connectivity index (χ4v) is 5.75. The summed E-state index contributed by atoms with van der Waals surface area (Å²) in [5.41, 5.74) is 2.89. The topological polar surface area (TPSA) is 49.7 Å². The van der Waals surface area contributed by atoms with Gasteiger partial charge in [0.15, 0.2) is 0 Å². The highest BCUT2D eigenvalue weighted by atomic mass is 16.5. The number of hydrogen-bond donors (Lipinski definition) is 2. The highest BCUT2D eigenvalue weighted by Crippen LogP contribution is 2.62. The molecule has 24 heavy (non-hydrogen) atoms. The third-order valence-corrected chi connectivity index (χ3v) is 6.75. The summed E-state index contributed by atoms with van der Waals surface area (Å²) in [4.78, 5) is 0. The summed E-state index contributed by atoms with van der Waals surface area (Å²) < 4.78 is 5.54. The van der Waals surface area contributed by atoms with Gasteiger partial charge in [0.25, 0.3) is 0 Å². The molecule has 3 rings (SSSR count). The quantitative estimate of drug-likeness (QED) is 0.855. The molecule has 5 unspecified atom stereocenters. The van der Waals surface area contributed by atoms with E-state index in [1.54, 1.807) is 7.11 Å². The largest absolute Gasteiger partial charge is 0.496 e. The van der Waals surface area contributed by atoms with Gasteiger partial charge in [-0.3, -0.25) is 0 Å². The van der Waals surface area contributed by atoms with Gasteiger partial charge in [-0.05, 0) is 80.0 Å². The molecule has 5 atom stereocenters. The van der Waals surface area contributed by atoms with E-state index >= 15 is 0 Å². The van der Waals surface area contributed by atoms with Crippen molar-refractivity contribution in [3.05, 3.63) is 28.8 Å². The van der Waals surface area contributed by atoms with Crippen molar-refractivity contribution in [2.75, 3.05) is 7.11 Å². The lowest BCUT2D eigenvalue weighted by Gasteiger charge is -2.43. The van der Waals surface area contributed by atoms with Crippen molar-refractivity contribution in [3.63, 3.8) is 0 Å². The maximum Gasteiger partial charge on any atom is 0.122 e. The molecule has 0 saturated heterocycles. The minimum atomic E-state index is -0.877. The zero-order valence-electron chi connectivity index (χ0n) is 15.9. The molecule has 0 amide bonds. The molecule has 134 valence electrons. The molecule has 3 heteroatoms. The molecular formula is C21H32O3. The molecule has 2 N–H and O–H groups in total. The van der Waals surface area contributed by atoms with E-state index < -0.39 is 11.7 Å². The molecule has 0 aromatic heterocycles. The number of ether oxygens (including phenoxy) is 1. The summed E-state index contributed by atoms with van der Waals surface area (Å²) in [6, 6.07) is 4.46.